The highest BCUT2D eigenvalue weighted by molar-refractivity contribution is 6.00. The summed E-state index contributed by atoms with van der Waals surface area (Å²) >= 11 is 0. The van der Waals surface area contributed by atoms with E-state index in [-0.39, 0.29) is 46.6 Å². The van der Waals surface area contributed by atoms with Gasteiger partial charge in [-0.2, -0.15) is 26.3 Å². The third-order valence-corrected chi connectivity index (χ3v) is 7.75. The molecule has 0 aliphatic rings. The molecule has 3 aromatic rings. The quantitative estimate of drug-likeness (QED) is 0.114. The Bertz CT molecular complexity index is 1400. The van der Waals surface area contributed by atoms with Crippen LogP contribution in [0.5, 0.6) is 5.75 Å². The molecule has 0 aliphatic carbocycles. The molecule has 45 heavy (non-hydrogen) atoms. The van der Waals surface area contributed by atoms with Gasteiger partial charge in [0.1, 0.15) is 12.4 Å². The summed E-state index contributed by atoms with van der Waals surface area (Å²) in [5.74, 6) is -0.901. The molecule has 0 aromatic heterocycles. The highest BCUT2D eigenvalue weighted by atomic mass is 19.4. The van der Waals surface area contributed by atoms with Crippen molar-refractivity contribution in [1.29, 1.82) is 0 Å². The van der Waals surface area contributed by atoms with Crippen molar-refractivity contribution >= 4 is 5.91 Å². The molecular formula is C35H41F6NO3. The second-order valence-corrected chi connectivity index (χ2v) is 11.2. The summed E-state index contributed by atoms with van der Waals surface area (Å²) < 4.78 is 88.2. The standard InChI is InChI=1S/C35H41F6NO3/c1-2-3-4-5-6-7-8-9-10-11-18-28-30(33(42)44)23-29(24-14-12-16-26(21-24)34(36,37)38)32(45-20-19-43)31(28)25-15-13-17-27(22-25)35(39,40)41/h12-17,21-23,43H,2-11,18-20H2,1H3,(H2,42,44). The van der Waals surface area contributed by atoms with E-state index in [4.69, 9.17) is 10.5 Å². The topological polar surface area (TPSA) is 72.6 Å². The minimum absolute atomic E-state index is 0.0119. The van der Waals surface area contributed by atoms with Gasteiger partial charge in [0.25, 0.3) is 0 Å². The molecule has 3 rings (SSSR count). The molecule has 10 heteroatoms. The van der Waals surface area contributed by atoms with Crippen molar-refractivity contribution in [1.82, 2.24) is 0 Å². The van der Waals surface area contributed by atoms with Crippen LogP contribution in [0, 0.1) is 0 Å². The molecule has 0 spiro atoms. The SMILES string of the molecule is CCCCCCCCCCCCc1c(C(N)=O)cc(-c2cccc(C(F)(F)F)c2)c(OCCO)c1-c1cccc(C(F)(F)F)c1. The number of carbonyl (C=O) groups is 1. The van der Waals surface area contributed by atoms with Crippen LogP contribution in [0.4, 0.5) is 26.3 Å². The average Bonchev–Trinajstić information content (AvgIpc) is 2.99. The molecule has 3 aromatic carbocycles. The summed E-state index contributed by atoms with van der Waals surface area (Å²) in [6, 6.07) is 10.2. The van der Waals surface area contributed by atoms with Crippen molar-refractivity contribution in [2.45, 2.75) is 89.9 Å². The second-order valence-electron chi connectivity index (χ2n) is 11.2. The fraction of sp³-hybridized carbons (Fsp3) is 0.457. The molecule has 0 radical (unpaired) electrons. The largest absolute Gasteiger partial charge is 0.490 e. The number of carbonyl (C=O) groups excluding carboxylic acids is 1. The lowest BCUT2D eigenvalue weighted by Gasteiger charge is -2.23. The van der Waals surface area contributed by atoms with Crippen molar-refractivity contribution in [3.8, 4) is 28.0 Å². The highest BCUT2D eigenvalue weighted by Gasteiger charge is 2.33. The number of amides is 1. The van der Waals surface area contributed by atoms with Crippen molar-refractivity contribution in [2.75, 3.05) is 13.2 Å². The third-order valence-electron chi connectivity index (χ3n) is 7.75. The van der Waals surface area contributed by atoms with E-state index in [1.54, 1.807) is 0 Å². The predicted octanol–water partition coefficient (Wildman–Crippen LogP) is 9.99. The number of nitrogens with two attached hydrogens (primary N) is 1. The Kier molecular flexibility index (Phi) is 13.3. The van der Waals surface area contributed by atoms with Gasteiger partial charge in [-0.05, 0) is 59.9 Å². The summed E-state index contributed by atoms with van der Waals surface area (Å²) in [5, 5.41) is 9.57. The lowest BCUT2D eigenvalue weighted by Crippen LogP contribution is -2.17. The number of alkyl halides is 6. The van der Waals surface area contributed by atoms with E-state index in [1.807, 2.05) is 0 Å². The van der Waals surface area contributed by atoms with Crippen LogP contribution in [0.2, 0.25) is 0 Å². The fourth-order valence-electron chi connectivity index (χ4n) is 5.50. The fourth-order valence-corrected chi connectivity index (χ4v) is 5.50. The normalized spacial score (nSPS) is 12.0. The summed E-state index contributed by atoms with van der Waals surface area (Å²) in [4.78, 5) is 12.8. The summed E-state index contributed by atoms with van der Waals surface area (Å²) in [7, 11) is 0. The minimum atomic E-state index is -4.68. The molecule has 4 nitrogen and oxygen atoms in total. The van der Waals surface area contributed by atoms with Gasteiger partial charge in [0.2, 0.25) is 5.91 Å². The maximum Gasteiger partial charge on any atom is 0.416 e. The van der Waals surface area contributed by atoms with Gasteiger partial charge >= 0.3 is 12.4 Å². The van der Waals surface area contributed by atoms with Crippen LogP contribution in [0.3, 0.4) is 0 Å². The van der Waals surface area contributed by atoms with Crippen molar-refractivity contribution in [3.05, 3.63) is 76.9 Å². The Labute approximate surface area is 260 Å². The van der Waals surface area contributed by atoms with Crippen LogP contribution in [0.1, 0.15) is 98.2 Å². The van der Waals surface area contributed by atoms with Crippen LogP contribution in [0.15, 0.2) is 54.6 Å². The molecule has 0 saturated heterocycles. The third kappa shape index (κ3) is 10.2. The lowest BCUT2D eigenvalue weighted by molar-refractivity contribution is -0.138. The summed E-state index contributed by atoms with van der Waals surface area (Å²) in [6.07, 6.45) is 1.41. The van der Waals surface area contributed by atoms with Gasteiger partial charge in [0.15, 0.2) is 0 Å². The highest BCUT2D eigenvalue weighted by Crippen LogP contribution is 2.46. The van der Waals surface area contributed by atoms with Crippen molar-refractivity contribution in [3.63, 3.8) is 0 Å². The van der Waals surface area contributed by atoms with Gasteiger partial charge < -0.3 is 15.6 Å². The molecule has 0 aliphatic heterocycles. The number of halogens is 6. The van der Waals surface area contributed by atoms with Crippen LogP contribution >= 0.6 is 0 Å². The Hall–Kier alpha value is -3.53. The molecule has 246 valence electrons. The summed E-state index contributed by atoms with van der Waals surface area (Å²) in [6.45, 7) is 1.42. The van der Waals surface area contributed by atoms with E-state index in [2.05, 4.69) is 6.92 Å². The molecular weight excluding hydrogens is 596 g/mol. The number of hydrogen-bond acceptors (Lipinski definition) is 3. The first-order valence-corrected chi connectivity index (χ1v) is 15.5. The number of unbranched alkanes of at least 4 members (excludes halogenated alkanes) is 9. The molecule has 0 saturated carbocycles. The van der Waals surface area contributed by atoms with Crippen molar-refractivity contribution < 1.29 is 41.0 Å². The first-order valence-electron chi connectivity index (χ1n) is 15.5. The average molecular weight is 638 g/mol. The van der Waals surface area contributed by atoms with Gasteiger partial charge in [0.05, 0.1) is 17.7 Å². The number of aliphatic hydroxyl groups is 1. The molecule has 0 unspecified atom stereocenters. The smallest absolute Gasteiger partial charge is 0.416 e. The van der Waals surface area contributed by atoms with Gasteiger partial charge in [-0.15, -0.1) is 0 Å². The van der Waals surface area contributed by atoms with Gasteiger partial charge in [-0.3, -0.25) is 4.79 Å². The number of hydrogen-bond donors (Lipinski definition) is 2. The zero-order valence-corrected chi connectivity index (χ0v) is 25.5. The van der Waals surface area contributed by atoms with E-state index >= 15 is 0 Å². The van der Waals surface area contributed by atoms with Crippen LogP contribution in [-0.4, -0.2) is 24.2 Å². The van der Waals surface area contributed by atoms with Crippen LogP contribution < -0.4 is 10.5 Å². The first kappa shape index (κ1) is 35.9. The molecule has 0 atom stereocenters. The molecule has 0 bridgehead atoms. The first-order chi connectivity index (χ1) is 21.4. The van der Waals surface area contributed by atoms with Gasteiger partial charge in [-0.1, -0.05) is 89.0 Å². The Morgan fingerprint density at radius 1 is 0.756 bits per heavy atom. The van der Waals surface area contributed by atoms with E-state index in [0.717, 1.165) is 56.4 Å². The Morgan fingerprint density at radius 3 is 1.78 bits per heavy atom. The maximum atomic E-state index is 13.8. The van der Waals surface area contributed by atoms with Gasteiger partial charge in [0, 0.05) is 16.7 Å². The summed E-state index contributed by atoms with van der Waals surface area (Å²) in [5.41, 5.74) is 4.51. The number of benzene rings is 3. The minimum Gasteiger partial charge on any atom is -0.490 e. The van der Waals surface area contributed by atoms with Crippen LogP contribution in [0.25, 0.3) is 22.3 Å². The van der Waals surface area contributed by atoms with Crippen molar-refractivity contribution in [2.24, 2.45) is 5.73 Å². The van der Waals surface area contributed by atoms with E-state index < -0.39 is 36.0 Å². The van der Waals surface area contributed by atoms with Gasteiger partial charge in [-0.25, -0.2) is 0 Å². The molecule has 0 fully saturated rings. The zero-order valence-electron chi connectivity index (χ0n) is 25.5. The number of aliphatic hydroxyl groups excluding tert-OH is 1. The van der Waals surface area contributed by atoms with E-state index in [1.165, 1.54) is 56.0 Å². The Balaban J connectivity index is 2.12. The second kappa shape index (κ2) is 16.7. The van der Waals surface area contributed by atoms with E-state index in [0.29, 0.717) is 12.0 Å². The molecule has 3 N–H and O–H groups in total. The zero-order chi connectivity index (χ0) is 33.0. The number of rotatable bonds is 17. The lowest BCUT2D eigenvalue weighted by atomic mass is 9.85. The number of primary amides is 1. The molecule has 1 amide bonds. The molecule has 0 heterocycles. The van der Waals surface area contributed by atoms with E-state index in [9.17, 15) is 36.2 Å². The monoisotopic (exact) mass is 637 g/mol. The maximum absolute atomic E-state index is 13.8. The number of ether oxygens (including phenoxy) is 1. The predicted molar refractivity (Wildman–Crippen MR) is 164 cm³/mol. The Morgan fingerprint density at radius 2 is 1.27 bits per heavy atom. The van der Waals surface area contributed by atoms with Crippen LogP contribution in [-0.2, 0) is 18.8 Å².